The van der Waals surface area contributed by atoms with E-state index in [1.807, 2.05) is 6.92 Å². The van der Waals surface area contributed by atoms with Gasteiger partial charge in [-0.3, -0.25) is 4.99 Å². The minimum atomic E-state index is 0. The van der Waals surface area contributed by atoms with Crippen molar-refractivity contribution in [2.24, 2.45) is 4.99 Å². The van der Waals surface area contributed by atoms with Crippen molar-refractivity contribution in [3.63, 3.8) is 0 Å². The van der Waals surface area contributed by atoms with Gasteiger partial charge < -0.3 is 5.32 Å². The van der Waals surface area contributed by atoms with Gasteiger partial charge in [-0.25, -0.2) is 0 Å². The molecule has 0 aliphatic heterocycles. The third-order valence-corrected chi connectivity index (χ3v) is 0.949. The number of aliphatic imine (C=N–C) groups is 1. The smallest absolute Gasteiger partial charge is 0.0936 e. The van der Waals surface area contributed by atoms with Crippen molar-refractivity contribution in [1.82, 2.24) is 5.32 Å². The van der Waals surface area contributed by atoms with Crippen LogP contribution in [0.15, 0.2) is 4.99 Å². The summed E-state index contributed by atoms with van der Waals surface area (Å²) < 4.78 is 0. The summed E-state index contributed by atoms with van der Waals surface area (Å²) in [6.45, 7) is 10.4. The first-order valence-electron chi connectivity index (χ1n) is 3.83. The quantitative estimate of drug-likeness (QED) is 0.415. The molecule has 0 atom stereocenters. The molecule has 11 heavy (non-hydrogen) atoms. The fraction of sp³-hybridized carbons (Fsp3) is 0.875. The molecule has 3 heteroatoms. The summed E-state index contributed by atoms with van der Waals surface area (Å²) >= 11 is 0. The van der Waals surface area contributed by atoms with Crippen molar-refractivity contribution in [2.75, 3.05) is 0 Å². The van der Waals surface area contributed by atoms with Crippen molar-refractivity contribution in [3.05, 3.63) is 0 Å². The van der Waals surface area contributed by atoms with Crippen LogP contribution in [0.4, 0.5) is 0 Å². The van der Waals surface area contributed by atoms with E-state index in [0.29, 0.717) is 12.1 Å². The third-order valence-electron chi connectivity index (χ3n) is 0.949. The molecule has 0 saturated carbocycles. The third kappa shape index (κ3) is 9.99. The summed E-state index contributed by atoms with van der Waals surface area (Å²) in [4.78, 5) is 4.32. The predicted molar refractivity (Wildman–Crippen MR) is 46.5 cm³/mol. The van der Waals surface area contributed by atoms with Gasteiger partial charge in [-0.1, -0.05) is 0 Å². The van der Waals surface area contributed by atoms with Crippen LogP contribution < -0.4 is 5.32 Å². The van der Waals surface area contributed by atoms with E-state index in [4.69, 9.17) is 0 Å². The summed E-state index contributed by atoms with van der Waals surface area (Å²) in [6, 6.07) is 0.883. The summed E-state index contributed by atoms with van der Waals surface area (Å²) in [6.07, 6.45) is 0. The van der Waals surface area contributed by atoms with Crippen LogP contribution in [0, 0.1) is 0 Å². The van der Waals surface area contributed by atoms with Gasteiger partial charge in [0.25, 0.3) is 0 Å². The van der Waals surface area contributed by atoms with Gasteiger partial charge in [-0.05, 0) is 34.6 Å². The largest absolute Gasteiger partial charge is 0.372 e. The summed E-state index contributed by atoms with van der Waals surface area (Å²) in [5.41, 5.74) is 0. The Labute approximate surface area is 80.3 Å². The summed E-state index contributed by atoms with van der Waals surface area (Å²) in [5.74, 6) is 1.03. The number of hydrogen-bond acceptors (Lipinski definition) is 1. The Morgan fingerprint density at radius 1 is 1.18 bits per heavy atom. The van der Waals surface area contributed by atoms with E-state index in [-0.39, 0.29) is 17.1 Å². The second-order valence-electron chi connectivity index (χ2n) is 3.11. The molecule has 71 valence electrons. The zero-order chi connectivity index (χ0) is 8.15. The number of amidine groups is 1. The first kappa shape index (κ1) is 13.6. The average Bonchev–Trinajstić information content (AvgIpc) is 1.58. The van der Waals surface area contributed by atoms with E-state index in [1.54, 1.807) is 0 Å². The number of hydrogen-bond donors (Lipinski definition) is 1. The van der Waals surface area contributed by atoms with Gasteiger partial charge in [0.2, 0.25) is 0 Å². The molecular weight excluding hydrogens is 188 g/mol. The Balaban J connectivity index is 0. The fourth-order valence-electron chi connectivity index (χ4n) is 0.842. The maximum absolute atomic E-state index is 4.32. The van der Waals surface area contributed by atoms with Crippen LogP contribution >= 0.6 is 0 Å². The van der Waals surface area contributed by atoms with Crippen molar-refractivity contribution < 1.29 is 17.1 Å². The van der Waals surface area contributed by atoms with Gasteiger partial charge in [-0.2, -0.15) is 0 Å². The zero-order valence-corrected chi connectivity index (χ0v) is 8.85. The van der Waals surface area contributed by atoms with E-state index < -0.39 is 0 Å². The summed E-state index contributed by atoms with van der Waals surface area (Å²) in [5, 5.41) is 3.22. The Kier molecular flexibility index (Phi) is 8.25. The minimum Gasteiger partial charge on any atom is -0.372 e. The molecule has 0 amide bonds. The van der Waals surface area contributed by atoms with E-state index in [2.05, 4.69) is 38.0 Å². The van der Waals surface area contributed by atoms with Gasteiger partial charge in [0.05, 0.1) is 5.84 Å². The molecule has 0 aliphatic rings. The molecule has 0 aliphatic carbocycles. The first-order valence-corrected chi connectivity index (χ1v) is 3.83. The monoisotopic (exact) mass is 205 g/mol. The van der Waals surface area contributed by atoms with Crippen LogP contribution in [0.1, 0.15) is 34.6 Å². The van der Waals surface area contributed by atoms with Gasteiger partial charge in [-0.15, -0.1) is 0 Å². The molecule has 1 radical (unpaired) electrons. The average molecular weight is 206 g/mol. The molecule has 0 bridgehead atoms. The molecule has 0 unspecified atom stereocenters. The van der Waals surface area contributed by atoms with Crippen molar-refractivity contribution in [3.8, 4) is 0 Å². The van der Waals surface area contributed by atoms with E-state index in [1.165, 1.54) is 0 Å². The van der Waals surface area contributed by atoms with Crippen LogP contribution in [0.25, 0.3) is 0 Å². The number of nitrogens with zero attached hydrogens (tertiary/aromatic N) is 1. The zero-order valence-electron chi connectivity index (χ0n) is 7.90. The molecule has 0 spiro atoms. The second-order valence-corrected chi connectivity index (χ2v) is 3.11. The second kappa shape index (κ2) is 6.68. The molecule has 0 aromatic carbocycles. The van der Waals surface area contributed by atoms with Gasteiger partial charge in [0.1, 0.15) is 0 Å². The number of nitrogens with one attached hydrogen (secondary N) is 1. The molecule has 0 heterocycles. The number of rotatable bonds is 2. The Hall–Kier alpha value is -0.0105. The maximum atomic E-state index is 4.32. The molecule has 0 rings (SSSR count). The molecule has 2 nitrogen and oxygen atoms in total. The van der Waals surface area contributed by atoms with Crippen LogP contribution in [-0.4, -0.2) is 17.9 Å². The Bertz CT molecular complexity index is 119. The Morgan fingerprint density at radius 2 is 1.64 bits per heavy atom. The fourth-order valence-corrected chi connectivity index (χ4v) is 0.842. The van der Waals surface area contributed by atoms with Crippen molar-refractivity contribution in [1.29, 1.82) is 0 Å². The molecule has 0 fully saturated rings. The summed E-state index contributed by atoms with van der Waals surface area (Å²) in [7, 11) is 0. The minimum absolute atomic E-state index is 0. The molecular formula is C8H18CuN2. The van der Waals surface area contributed by atoms with E-state index >= 15 is 0 Å². The van der Waals surface area contributed by atoms with Crippen LogP contribution in [0.3, 0.4) is 0 Å². The molecule has 0 aromatic heterocycles. The van der Waals surface area contributed by atoms with Crippen LogP contribution in [0.5, 0.6) is 0 Å². The van der Waals surface area contributed by atoms with Crippen LogP contribution in [-0.2, 0) is 17.1 Å². The SMILES string of the molecule is CC(=NC(C)C)NC(C)C.[Cu]. The van der Waals surface area contributed by atoms with Crippen molar-refractivity contribution >= 4 is 5.84 Å². The van der Waals surface area contributed by atoms with Gasteiger partial charge in [0.15, 0.2) is 0 Å². The van der Waals surface area contributed by atoms with Gasteiger partial charge >= 0.3 is 0 Å². The van der Waals surface area contributed by atoms with E-state index in [9.17, 15) is 0 Å². The molecule has 1 N–H and O–H groups in total. The predicted octanol–water partition coefficient (Wildman–Crippen LogP) is 1.81. The first-order chi connectivity index (χ1) is 4.52. The normalized spacial score (nSPS) is 11.7. The van der Waals surface area contributed by atoms with Gasteiger partial charge in [0, 0.05) is 29.2 Å². The standard InChI is InChI=1S/C8H18N2.Cu/c1-6(2)9-8(5)10-7(3)4;/h6-7H,1-5H3,(H,9,10);. The van der Waals surface area contributed by atoms with Crippen molar-refractivity contribution in [2.45, 2.75) is 46.7 Å². The maximum Gasteiger partial charge on any atom is 0.0936 e. The Morgan fingerprint density at radius 3 is 1.91 bits per heavy atom. The van der Waals surface area contributed by atoms with E-state index in [0.717, 1.165) is 5.84 Å². The van der Waals surface area contributed by atoms with Crippen LogP contribution in [0.2, 0.25) is 0 Å². The topological polar surface area (TPSA) is 24.4 Å². The molecule has 0 aromatic rings. The molecule has 0 saturated heterocycles.